The van der Waals surface area contributed by atoms with Crippen molar-refractivity contribution in [3.63, 3.8) is 0 Å². The highest BCUT2D eigenvalue weighted by molar-refractivity contribution is 5.43. The van der Waals surface area contributed by atoms with Crippen LogP contribution in [0.15, 0.2) is 18.2 Å². The quantitative estimate of drug-likeness (QED) is 0.784. The summed E-state index contributed by atoms with van der Waals surface area (Å²) in [5, 5.41) is 0. The van der Waals surface area contributed by atoms with Crippen LogP contribution < -0.4 is 5.73 Å². The molecule has 1 saturated heterocycles. The van der Waals surface area contributed by atoms with E-state index in [1.165, 1.54) is 49.0 Å². The Morgan fingerprint density at radius 2 is 1.85 bits per heavy atom. The van der Waals surface area contributed by atoms with Crippen molar-refractivity contribution in [1.29, 1.82) is 0 Å². The molecule has 2 heteroatoms. The van der Waals surface area contributed by atoms with Crippen LogP contribution in [0.25, 0.3) is 0 Å². The van der Waals surface area contributed by atoms with E-state index in [9.17, 15) is 0 Å². The molecule has 1 atom stereocenters. The molecule has 0 radical (unpaired) electrons. The largest absolute Gasteiger partial charge is 0.323 e. The molecule has 0 aromatic heterocycles. The van der Waals surface area contributed by atoms with Crippen LogP contribution >= 0.6 is 0 Å². The van der Waals surface area contributed by atoms with Crippen LogP contribution in [-0.2, 0) is 6.42 Å². The SMILES string of the molecule is Cc1cccc2c1CC1(CCN(C(C)(C)C)CC1)[C@@H]2N. The van der Waals surface area contributed by atoms with E-state index >= 15 is 0 Å². The summed E-state index contributed by atoms with van der Waals surface area (Å²) in [4.78, 5) is 2.61. The Morgan fingerprint density at radius 1 is 1.20 bits per heavy atom. The summed E-state index contributed by atoms with van der Waals surface area (Å²) in [6, 6.07) is 6.88. The zero-order valence-corrected chi connectivity index (χ0v) is 13.4. The van der Waals surface area contributed by atoms with Gasteiger partial charge in [-0.25, -0.2) is 0 Å². The van der Waals surface area contributed by atoms with E-state index in [2.05, 4.69) is 50.8 Å². The lowest BCUT2D eigenvalue weighted by Gasteiger charge is -2.47. The summed E-state index contributed by atoms with van der Waals surface area (Å²) in [5.41, 5.74) is 11.6. The van der Waals surface area contributed by atoms with Crippen LogP contribution in [0.4, 0.5) is 0 Å². The van der Waals surface area contributed by atoms with E-state index in [1.54, 1.807) is 0 Å². The van der Waals surface area contributed by atoms with Gasteiger partial charge in [-0.1, -0.05) is 18.2 Å². The lowest BCUT2D eigenvalue weighted by molar-refractivity contribution is 0.0345. The first-order valence-electron chi connectivity index (χ1n) is 7.92. The number of hydrogen-bond donors (Lipinski definition) is 1. The second kappa shape index (κ2) is 4.57. The molecule has 3 rings (SSSR count). The highest BCUT2D eigenvalue weighted by atomic mass is 15.2. The zero-order chi connectivity index (χ0) is 14.5. The second-order valence-corrected chi connectivity index (χ2v) is 7.82. The Labute approximate surface area is 123 Å². The van der Waals surface area contributed by atoms with E-state index in [1.807, 2.05) is 0 Å². The minimum absolute atomic E-state index is 0.236. The van der Waals surface area contributed by atoms with Gasteiger partial charge in [0.05, 0.1) is 0 Å². The number of benzene rings is 1. The van der Waals surface area contributed by atoms with Gasteiger partial charge in [0.25, 0.3) is 0 Å². The van der Waals surface area contributed by atoms with Crippen molar-refractivity contribution in [2.45, 2.75) is 58.5 Å². The van der Waals surface area contributed by atoms with E-state index in [0.717, 1.165) is 0 Å². The molecule has 1 aliphatic heterocycles. The monoisotopic (exact) mass is 272 g/mol. The highest BCUT2D eigenvalue weighted by Gasteiger charge is 2.47. The molecule has 0 amide bonds. The summed E-state index contributed by atoms with van der Waals surface area (Å²) < 4.78 is 0. The summed E-state index contributed by atoms with van der Waals surface area (Å²) >= 11 is 0. The van der Waals surface area contributed by atoms with Crippen LogP contribution in [0.1, 0.15) is 56.3 Å². The molecule has 1 fully saturated rings. The first-order chi connectivity index (χ1) is 9.33. The molecule has 1 spiro atoms. The standard InChI is InChI=1S/C18H28N2/c1-13-6-5-7-14-15(13)12-18(16(14)19)8-10-20(11-9-18)17(2,3)4/h5-7,16H,8-12,19H2,1-4H3/t16-/m1/s1. The number of likely N-dealkylation sites (tertiary alicyclic amines) is 1. The van der Waals surface area contributed by atoms with Gasteiger partial charge in [0, 0.05) is 11.6 Å². The molecule has 1 aliphatic carbocycles. The molecular formula is C18H28N2. The molecule has 0 saturated carbocycles. The number of hydrogen-bond acceptors (Lipinski definition) is 2. The second-order valence-electron chi connectivity index (χ2n) is 7.82. The topological polar surface area (TPSA) is 29.3 Å². The first-order valence-corrected chi connectivity index (χ1v) is 7.92. The Bertz CT molecular complexity index is 505. The van der Waals surface area contributed by atoms with Gasteiger partial charge >= 0.3 is 0 Å². The molecule has 0 unspecified atom stereocenters. The first kappa shape index (κ1) is 14.1. The number of nitrogens with two attached hydrogens (primary N) is 1. The number of nitrogens with zero attached hydrogens (tertiary/aromatic N) is 1. The summed E-state index contributed by atoms with van der Waals surface area (Å²) in [6.07, 6.45) is 3.66. The number of aryl methyl sites for hydroxylation is 1. The van der Waals surface area contributed by atoms with Crippen molar-refractivity contribution in [2.75, 3.05) is 13.1 Å². The summed E-state index contributed by atoms with van der Waals surface area (Å²) in [7, 11) is 0. The van der Waals surface area contributed by atoms with Gasteiger partial charge in [-0.05, 0) is 82.2 Å². The fourth-order valence-electron chi connectivity index (χ4n) is 4.16. The van der Waals surface area contributed by atoms with Crippen molar-refractivity contribution in [3.8, 4) is 0 Å². The smallest absolute Gasteiger partial charge is 0.0359 e. The van der Waals surface area contributed by atoms with Gasteiger partial charge in [0.2, 0.25) is 0 Å². The van der Waals surface area contributed by atoms with Gasteiger partial charge in [-0.15, -0.1) is 0 Å². The van der Waals surface area contributed by atoms with Crippen LogP contribution in [0, 0.1) is 12.3 Å². The highest BCUT2D eigenvalue weighted by Crippen LogP contribution is 2.51. The average Bonchev–Trinajstić information content (AvgIpc) is 2.65. The molecule has 2 N–H and O–H groups in total. The molecule has 20 heavy (non-hydrogen) atoms. The maximum atomic E-state index is 6.66. The molecule has 2 aliphatic rings. The molecule has 2 nitrogen and oxygen atoms in total. The van der Waals surface area contributed by atoms with Crippen LogP contribution in [0.3, 0.4) is 0 Å². The molecule has 1 heterocycles. The van der Waals surface area contributed by atoms with Crippen molar-refractivity contribution in [2.24, 2.45) is 11.1 Å². The molecule has 1 aromatic carbocycles. The predicted molar refractivity (Wildman–Crippen MR) is 84.8 cm³/mol. The van der Waals surface area contributed by atoms with E-state index in [4.69, 9.17) is 5.73 Å². The maximum Gasteiger partial charge on any atom is 0.0359 e. The Kier molecular flexibility index (Phi) is 3.22. The van der Waals surface area contributed by atoms with Crippen molar-refractivity contribution in [1.82, 2.24) is 4.90 Å². The third kappa shape index (κ3) is 2.10. The molecule has 110 valence electrons. The van der Waals surface area contributed by atoms with E-state index in [0.29, 0.717) is 5.41 Å². The average molecular weight is 272 g/mol. The molecule has 0 bridgehead atoms. The van der Waals surface area contributed by atoms with Crippen LogP contribution in [0.5, 0.6) is 0 Å². The van der Waals surface area contributed by atoms with Gasteiger partial charge < -0.3 is 5.73 Å². The van der Waals surface area contributed by atoms with Crippen molar-refractivity contribution < 1.29 is 0 Å². The number of piperidine rings is 1. The summed E-state index contributed by atoms with van der Waals surface area (Å²) in [6.45, 7) is 11.6. The van der Waals surface area contributed by atoms with Gasteiger partial charge in [-0.3, -0.25) is 4.90 Å². The van der Waals surface area contributed by atoms with Gasteiger partial charge in [-0.2, -0.15) is 0 Å². The zero-order valence-electron chi connectivity index (χ0n) is 13.4. The lowest BCUT2D eigenvalue weighted by Crippen LogP contribution is -2.51. The van der Waals surface area contributed by atoms with Crippen molar-refractivity contribution >= 4 is 0 Å². The van der Waals surface area contributed by atoms with Crippen molar-refractivity contribution in [3.05, 3.63) is 34.9 Å². The number of fused-ring (bicyclic) bond motifs is 1. The van der Waals surface area contributed by atoms with E-state index < -0.39 is 0 Å². The third-order valence-electron chi connectivity index (χ3n) is 5.68. The van der Waals surface area contributed by atoms with Gasteiger partial charge in [0.1, 0.15) is 0 Å². The van der Waals surface area contributed by atoms with Crippen LogP contribution in [0.2, 0.25) is 0 Å². The maximum absolute atomic E-state index is 6.66. The lowest BCUT2D eigenvalue weighted by atomic mass is 9.72. The Hall–Kier alpha value is -0.860. The minimum Gasteiger partial charge on any atom is -0.323 e. The van der Waals surface area contributed by atoms with E-state index in [-0.39, 0.29) is 11.6 Å². The normalized spacial score (nSPS) is 25.9. The third-order valence-corrected chi connectivity index (χ3v) is 5.68. The van der Waals surface area contributed by atoms with Crippen LogP contribution in [-0.4, -0.2) is 23.5 Å². The minimum atomic E-state index is 0.236. The summed E-state index contributed by atoms with van der Waals surface area (Å²) in [5.74, 6) is 0. The fraction of sp³-hybridized carbons (Fsp3) is 0.667. The fourth-order valence-corrected chi connectivity index (χ4v) is 4.16. The Balaban J connectivity index is 1.83. The number of rotatable bonds is 0. The molecule has 1 aromatic rings. The molecular weight excluding hydrogens is 244 g/mol. The van der Waals surface area contributed by atoms with Gasteiger partial charge in [0.15, 0.2) is 0 Å². The Morgan fingerprint density at radius 3 is 2.40 bits per heavy atom. The predicted octanol–water partition coefficient (Wildman–Crippen LogP) is 3.43.